The van der Waals surface area contributed by atoms with E-state index in [-0.39, 0.29) is 11.7 Å². The van der Waals surface area contributed by atoms with Gasteiger partial charge < -0.3 is 10.1 Å². The molecule has 1 amide bonds. The van der Waals surface area contributed by atoms with Crippen LogP contribution in [0.1, 0.15) is 18.4 Å². The summed E-state index contributed by atoms with van der Waals surface area (Å²) in [6, 6.07) is 11.7. The molecule has 0 spiro atoms. The van der Waals surface area contributed by atoms with Crippen molar-refractivity contribution in [3.05, 3.63) is 66.2 Å². The minimum absolute atomic E-state index is 0.244. The third-order valence-electron chi connectivity index (χ3n) is 4.60. The van der Waals surface area contributed by atoms with Crippen molar-refractivity contribution in [1.29, 1.82) is 0 Å². The first-order valence-corrected chi connectivity index (χ1v) is 8.25. The molecule has 0 saturated heterocycles. The zero-order valence-electron chi connectivity index (χ0n) is 14.1. The van der Waals surface area contributed by atoms with Gasteiger partial charge in [0.2, 0.25) is 11.8 Å². The number of carbonyl (C=O) groups excluding carboxylic acids is 1. The van der Waals surface area contributed by atoms with Crippen molar-refractivity contribution in [2.75, 3.05) is 12.4 Å². The summed E-state index contributed by atoms with van der Waals surface area (Å²) in [7, 11) is 1.53. The summed E-state index contributed by atoms with van der Waals surface area (Å²) in [5.41, 5.74) is 0.290. The number of rotatable bonds is 5. The third kappa shape index (κ3) is 2.71. The quantitative estimate of drug-likeness (QED) is 0.766. The van der Waals surface area contributed by atoms with E-state index >= 15 is 0 Å². The Kier molecular flexibility index (Phi) is 3.91. The zero-order chi connectivity index (χ0) is 18.1. The lowest BCUT2D eigenvalue weighted by Gasteiger charge is -2.15. The Bertz CT molecular complexity index is 965. The molecule has 2 aromatic heterocycles. The van der Waals surface area contributed by atoms with Crippen molar-refractivity contribution in [1.82, 2.24) is 14.8 Å². The Labute approximate surface area is 149 Å². The van der Waals surface area contributed by atoms with Crippen LogP contribution in [-0.4, -0.2) is 27.8 Å². The van der Waals surface area contributed by atoms with Crippen molar-refractivity contribution in [2.24, 2.45) is 0 Å². The number of carbonyl (C=O) groups is 1. The zero-order valence-corrected chi connectivity index (χ0v) is 14.1. The molecule has 6 nitrogen and oxygen atoms in total. The fraction of sp³-hybridized carbons (Fsp3) is 0.211. The number of nitrogens with one attached hydrogen (secondary N) is 1. The molecule has 1 aliphatic rings. The molecule has 7 heteroatoms. The molecule has 26 heavy (non-hydrogen) atoms. The molecule has 1 aliphatic carbocycles. The van der Waals surface area contributed by atoms with E-state index in [1.165, 1.54) is 13.2 Å². The SMILES string of the molecule is COc1ncccc1-n1ccc(NC(=O)C2(c3ccccc3F)CC2)n1. The second-order valence-corrected chi connectivity index (χ2v) is 6.19. The second-order valence-electron chi connectivity index (χ2n) is 6.19. The van der Waals surface area contributed by atoms with Crippen LogP contribution in [-0.2, 0) is 10.2 Å². The number of halogens is 1. The molecule has 0 radical (unpaired) electrons. The standard InChI is InChI=1S/C19H17FN4O2/c1-26-17-15(7-4-11-21-17)24-12-8-16(23-24)22-18(25)19(9-10-19)13-5-2-3-6-14(13)20/h2-8,11-12H,9-10H2,1H3,(H,22,23,25). The largest absolute Gasteiger partial charge is 0.479 e. The number of hydrogen-bond donors (Lipinski definition) is 1. The average molecular weight is 352 g/mol. The molecule has 0 aliphatic heterocycles. The second kappa shape index (κ2) is 6.25. The summed E-state index contributed by atoms with van der Waals surface area (Å²) in [5.74, 6) is 0.221. The van der Waals surface area contributed by atoms with Crippen LogP contribution in [0, 0.1) is 5.82 Å². The number of hydrogen-bond acceptors (Lipinski definition) is 4. The lowest BCUT2D eigenvalue weighted by Crippen LogP contribution is -2.29. The first-order valence-electron chi connectivity index (χ1n) is 8.25. The topological polar surface area (TPSA) is 69.0 Å². The molecule has 3 aromatic rings. The van der Waals surface area contributed by atoms with E-state index in [9.17, 15) is 9.18 Å². The Hall–Kier alpha value is -3.22. The Morgan fingerprint density at radius 3 is 2.77 bits per heavy atom. The smallest absolute Gasteiger partial charge is 0.239 e. The van der Waals surface area contributed by atoms with E-state index in [2.05, 4.69) is 15.4 Å². The van der Waals surface area contributed by atoms with Gasteiger partial charge in [-0.2, -0.15) is 0 Å². The fourth-order valence-electron chi connectivity index (χ4n) is 3.07. The summed E-state index contributed by atoms with van der Waals surface area (Å²) in [5, 5.41) is 7.16. The highest BCUT2D eigenvalue weighted by molar-refractivity contribution is 6.00. The van der Waals surface area contributed by atoms with Gasteiger partial charge in [-0.1, -0.05) is 18.2 Å². The number of methoxy groups -OCH3 is 1. The van der Waals surface area contributed by atoms with E-state index in [1.54, 1.807) is 47.4 Å². The molecule has 0 unspecified atom stereocenters. The predicted molar refractivity (Wildman–Crippen MR) is 93.9 cm³/mol. The van der Waals surface area contributed by atoms with Crippen molar-refractivity contribution in [3.63, 3.8) is 0 Å². The van der Waals surface area contributed by atoms with Crippen LogP contribution in [0.15, 0.2) is 54.9 Å². The molecule has 1 saturated carbocycles. The maximum atomic E-state index is 14.1. The van der Waals surface area contributed by atoms with Crippen LogP contribution in [0.3, 0.4) is 0 Å². The van der Waals surface area contributed by atoms with Crippen LogP contribution in [0.25, 0.3) is 5.69 Å². The van der Waals surface area contributed by atoms with Gasteiger partial charge in [-0.05, 0) is 31.0 Å². The number of anilines is 1. The molecular formula is C19H17FN4O2. The molecule has 1 N–H and O–H groups in total. The van der Waals surface area contributed by atoms with E-state index in [1.807, 2.05) is 6.07 Å². The summed E-state index contributed by atoms with van der Waals surface area (Å²) < 4.78 is 20.9. The number of nitrogens with zero attached hydrogens (tertiary/aromatic N) is 3. The van der Waals surface area contributed by atoms with Gasteiger partial charge in [-0.25, -0.2) is 14.1 Å². The van der Waals surface area contributed by atoms with Crippen molar-refractivity contribution in [3.8, 4) is 11.6 Å². The maximum absolute atomic E-state index is 14.1. The molecule has 132 valence electrons. The molecular weight excluding hydrogens is 335 g/mol. The molecule has 0 atom stereocenters. The number of amides is 1. The summed E-state index contributed by atoms with van der Waals surface area (Å²) in [6.45, 7) is 0. The molecule has 0 bridgehead atoms. The monoisotopic (exact) mass is 352 g/mol. The van der Waals surface area contributed by atoms with Gasteiger partial charge in [0.05, 0.1) is 12.5 Å². The Balaban J connectivity index is 1.57. The third-order valence-corrected chi connectivity index (χ3v) is 4.60. The van der Waals surface area contributed by atoms with Gasteiger partial charge in [0.1, 0.15) is 11.5 Å². The minimum Gasteiger partial charge on any atom is -0.479 e. The Morgan fingerprint density at radius 1 is 1.23 bits per heavy atom. The van der Waals surface area contributed by atoms with Gasteiger partial charge >= 0.3 is 0 Å². The maximum Gasteiger partial charge on any atom is 0.239 e. The average Bonchev–Trinajstić information content (AvgIpc) is 3.35. The van der Waals surface area contributed by atoms with Gasteiger partial charge in [0.15, 0.2) is 5.82 Å². The van der Waals surface area contributed by atoms with Crippen molar-refractivity contribution in [2.45, 2.75) is 18.3 Å². The van der Waals surface area contributed by atoms with Crippen LogP contribution in [0.5, 0.6) is 5.88 Å². The van der Waals surface area contributed by atoms with Gasteiger partial charge in [0, 0.05) is 24.0 Å². The minimum atomic E-state index is -0.804. The van der Waals surface area contributed by atoms with Crippen molar-refractivity contribution >= 4 is 11.7 Å². The highest BCUT2D eigenvalue weighted by atomic mass is 19.1. The normalized spacial score (nSPS) is 14.7. The molecule has 4 rings (SSSR count). The lowest BCUT2D eigenvalue weighted by molar-refractivity contribution is -0.118. The lowest BCUT2D eigenvalue weighted by atomic mass is 9.94. The number of ether oxygens (including phenoxy) is 1. The van der Waals surface area contributed by atoms with E-state index in [0.717, 1.165) is 0 Å². The Morgan fingerprint density at radius 2 is 2.04 bits per heavy atom. The highest BCUT2D eigenvalue weighted by Gasteiger charge is 2.52. The van der Waals surface area contributed by atoms with Crippen LogP contribution in [0.2, 0.25) is 0 Å². The molecule has 1 aromatic carbocycles. The highest BCUT2D eigenvalue weighted by Crippen LogP contribution is 2.49. The number of aromatic nitrogens is 3. The fourth-order valence-corrected chi connectivity index (χ4v) is 3.07. The van der Waals surface area contributed by atoms with Crippen LogP contribution >= 0.6 is 0 Å². The van der Waals surface area contributed by atoms with Gasteiger partial charge in [-0.15, -0.1) is 5.10 Å². The molecule has 1 fully saturated rings. The summed E-state index contributed by atoms with van der Waals surface area (Å²) in [6.07, 6.45) is 4.57. The van der Waals surface area contributed by atoms with E-state index in [4.69, 9.17) is 4.74 Å². The number of pyridine rings is 1. The van der Waals surface area contributed by atoms with Crippen molar-refractivity contribution < 1.29 is 13.9 Å². The van der Waals surface area contributed by atoms with Gasteiger partial charge in [0.25, 0.3) is 0 Å². The summed E-state index contributed by atoms with van der Waals surface area (Å²) in [4.78, 5) is 16.9. The van der Waals surface area contributed by atoms with E-state index < -0.39 is 5.41 Å². The van der Waals surface area contributed by atoms with Gasteiger partial charge in [-0.3, -0.25) is 4.79 Å². The first-order chi connectivity index (χ1) is 12.6. The first kappa shape index (κ1) is 16.3. The predicted octanol–water partition coefficient (Wildman–Crippen LogP) is 3.09. The number of benzene rings is 1. The van der Waals surface area contributed by atoms with Crippen LogP contribution < -0.4 is 10.1 Å². The summed E-state index contributed by atoms with van der Waals surface area (Å²) >= 11 is 0. The molecule has 2 heterocycles. The van der Waals surface area contributed by atoms with E-state index in [0.29, 0.717) is 35.8 Å². The van der Waals surface area contributed by atoms with Crippen LogP contribution in [0.4, 0.5) is 10.2 Å².